The zero-order chi connectivity index (χ0) is 20.1. The summed E-state index contributed by atoms with van der Waals surface area (Å²) in [6.45, 7) is 2.54. The van der Waals surface area contributed by atoms with Gasteiger partial charge in [-0.2, -0.15) is 0 Å². The third-order valence-electron chi connectivity index (χ3n) is 4.31. The molecule has 5 nitrogen and oxygen atoms in total. The van der Waals surface area contributed by atoms with E-state index >= 15 is 0 Å². The van der Waals surface area contributed by atoms with Gasteiger partial charge >= 0.3 is 5.97 Å². The Morgan fingerprint density at radius 1 is 1.25 bits per heavy atom. The standard InChI is InChI=1S/C21H21NO4S2/c1-3-12-26-19(23)10-11-22-20(24)18(28-21(22)27)13-16-15-7-5-4-6-14(15)8-9-17(16)25-2/h4-9,13H,3,10-12H2,1-2H3/b18-13-. The summed E-state index contributed by atoms with van der Waals surface area (Å²) in [5, 5.41) is 2.05. The summed E-state index contributed by atoms with van der Waals surface area (Å²) >= 11 is 6.59. The largest absolute Gasteiger partial charge is 0.496 e. The lowest BCUT2D eigenvalue weighted by Crippen LogP contribution is -2.30. The van der Waals surface area contributed by atoms with Crippen molar-refractivity contribution in [2.75, 3.05) is 20.3 Å². The Morgan fingerprint density at radius 2 is 2.04 bits per heavy atom. The van der Waals surface area contributed by atoms with Gasteiger partial charge in [-0.3, -0.25) is 14.5 Å². The number of carbonyl (C=O) groups excluding carboxylic acids is 2. The van der Waals surface area contributed by atoms with E-state index in [2.05, 4.69) is 0 Å². The minimum Gasteiger partial charge on any atom is -0.496 e. The van der Waals surface area contributed by atoms with E-state index in [0.717, 1.165) is 22.8 Å². The Balaban J connectivity index is 1.84. The predicted molar refractivity (Wildman–Crippen MR) is 116 cm³/mol. The molecule has 3 rings (SSSR count). The minimum atomic E-state index is -0.324. The number of methoxy groups -OCH3 is 1. The van der Waals surface area contributed by atoms with Crippen LogP contribution < -0.4 is 4.74 Å². The van der Waals surface area contributed by atoms with E-state index < -0.39 is 0 Å². The van der Waals surface area contributed by atoms with Gasteiger partial charge < -0.3 is 9.47 Å². The monoisotopic (exact) mass is 415 g/mol. The highest BCUT2D eigenvalue weighted by Gasteiger charge is 2.32. The van der Waals surface area contributed by atoms with Crippen molar-refractivity contribution in [3.05, 3.63) is 46.9 Å². The average Bonchev–Trinajstić information content (AvgIpc) is 2.97. The molecule has 2 aromatic rings. The summed E-state index contributed by atoms with van der Waals surface area (Å²) < 4.78 is 11.0. The highest BCUT2D eigenvalue weighted by Crippen LogP contribution is 2.36. The Kier molecular flexibility index (Phi) is 6.70. The Morgan fingerprint density at radius 3 is 2.79 bits per heavy atom. The van der Waals surface area contributed by atoms with E-state index in [1.807, 2.05) is 49.4 Å². The zero-order valence-electron chi connectivity index (χ0n) is 15.8. The summed E-state index contributed by atoms with van der Waals surface area (Å²) in [5.74, 6) is 0.163. The number of rotatable bonds is 7. The van der Waals surface area contributed by atoms with E-state index in [0.29, 0.717) is 21.6 Å². The van der Waals surface area contributed by atoms with E-state index in [1.165, 1.54) is 16.7 Å². The number of amides is 1. The van der Waals surface area contributed by atoms with Gasteiger partial charge in [0.15, 0.2) is 0 Å². The third-order valence-corrected chi connectivity index (χ3v) is 5.68. The quantitative estimate of drug-likeness (QED) is 0.380. The van der Waals surface area contributed by atoms with Gasteiger partial charge in [0.2, 0.25) is 0 Å². The van der Waals surface area contributed by atoms with Crippen LogP contribution in [0.2, 0.25) is 0 Å². The van der Waals surface area contributed by atoms with Crippen LogP contribution >= 0.6 is 24.0 Å². The fourth-order valence-electron chi connectivity index (χ4n) is 2.92. The maximum atomic E-state index is 12.8. The second kappa shape index (κ2) is 9.21. The first-order valence-electron chi connectivity index (χ1n) is 9.02. The van der Waals surface area contributed by atoms with Crippen molar-refractivity contribution in [2.24, 2.45) is 0 Å². The number of carbonyl (C=O) groups is 2. The number of hydrogen-bond acceptors (Lipinski definition) is 6. The molecule has 1 saturated heterocycles. The van der Waals surface area contributed by atoms with Crippen LogP contribution in [0.5, 0.6) is 5.75 Å². The van der Waals surface area contributed by atoms with E-state index in [-0.39, 0.29) is 24.8 Å². The SMILES string of the molecule is CCCOC(=O)CCN1C(=O)/C(=C/c2c(OC)ccc3ccccc23)SC1=S. The number of thiocarbonyl (C=S) groups is 1. The van der Waals surface area contributed by atoms with Crippen molar-refractivity contribution in [3.63, 3.8) is 0 Å². The average molecular weight is 416 g/mol. The first-order chi connectivity index (χ1) is 13.5. The lowest BCUT2D eigenvalue weighted by molar-refractivity contribution is -0.143. The second-order valence-electron chi connectivity index (χ2n) is 6.21. The van der Waals surface area contributed by atoms with Crippen LogP contribution in [0.4, 0.5) is 0 Å². The number of esters is 1. The molecule has 0 N–H and O–H groups in total. The van der Waals surface area contributed by atoms with Gasteiger partial charge in [0, 0.05) is 12.1 Å². The highest BCUT2D eigenvalue weighted by molar-refractivity contribution is 8.26. The molecule has 0 aromatic heterocycles. The van der Waals surface area contributed by atoms with Crippen LogP contribution in [0.25, 0.3) is 16.8 Å². The van der Waals surface area contributed by atoms with Gasteiger partial charge in [0.05, 0.1) is 25.0 Å². The van der Waals surface area contributed by atoms with Crippen molar-refractivity contribution < 1.29 is 19.1 Å². The van der Waals surface area contributed by atoms with Crippen LogP contribution in [-0.4, -0.2) is 41.4 Å². The molecule has 146 valence electrons. The molecule has 0 unspecified atom stereocenters. The number of hydrogen-bond donors (Lipinski definition) is 0. The van der Waals surface area contributed by atoms with E-state index in [4.69, 9.17) is 21.7 Å². The lowest BCUT2D eigenvalue weighted by atomic mass is 10.0. The molecule has 1 heterocycles. The first kappa shape index (κ1) is 20.4. The molecule has 2 aromatic carbocycles. The van der Waals surface area contributed by atoms with E-state index in [9.17, 15) is 9.59 Å². The summed E-state index contributed by atoms with van der Waals surface area (Å²) in [6, 6.07) is 11.8. The maximum absolute atomic E-state index is 12.8. The molecule has 0 spiro atoms. The number of benzene rings is 2. The van der Waals surface area contributed by atoms with Crippen molar-refractivity contribution >= 4 is 57.0 Å². The molecule has 1 amide bonds. The van der Waals surface area contributed by atoms with Crippen LogP contribution in [-0.2, 0) is 14.3 Å². The summed E-state index contributed by atoms with van der Waals surface area (Å²) in [5.41, 5.74) is 0.837. The number of ether oxygens (including phenoxy) is 2. The van der Waals surface area contributed by atoms with Gasteiger partial charge in [-0.25, -0.2) is 0 Å². The fourth-order valence-corrected chi connectivity index (χ4v) is 4.21. The van der Waals surface area contributed by atoms with Crippen LogP contribution in [0, 0.1) is 0 Å². The third kappa shape index (κ3) is 4.36. The van der Waals surface area contributed by atoms with Crippen molar-refractivity contribution in [3.8, 4) is 5.75 Å². The minimum absolute atomic E-state index is 0.122. The van der Waals surface area contributed by atoms with Crippen molar-refractivity contribution in [1.29, 1.82) is 0 Å². The first-order valence-corrected chi connectivity index (χ1v) is 10.2. The predicted octanol–water partition coefficient (Wildman–Crippen LogP) is 4.39. The molecule has 1 aliphatic rings. The molecule has 0 radical (unpaired) electrons. The summed E-state index contributed by atoms with van der Waals surface area (Å²) in [4.78, 5) is 26.5. The molecular weight excluding hydrogens is 394 g/mol. The zero-order valence-corrected chi connectivity index (χ0v) is 17.4. The molecule has 0 atom stereocenters. The summed E-state index contributed by atoms with van der Waals surface area (Å²) in [6.07, 6.45) is 2.70. The molecule has 1 aliphatic heterocycles. The molecule has 0 bridgehead atoms. The van der Waals surface area contributed by atoms with Gasteiger partial charge in [-0.15, -0.1) is 0 Å². The second-order valence-corrected chi connectivity index (χ2v) is 7.88. The Labute approximate surface area is 173 Å². The number of fused-ring (bicyclic) bond motifs is 1. The maximum Gasteiger partial charge on any atom is 0.307 e. The Bertz CT molecular complexity index is 955. The number of nitrogens with zero attached hydrogens (tertiary/aromatic N) is 1. The number of thioether (sulfide) groups is 1. The highest BCUT2D eigenvalue weighted by atomic mass is 32.2. The molecule has 1 fully saturated rings. The smallest absolute Gasteiger partial charge is 0.307 e. The van der Waals surface area contributed by atoms with Crippen LogP contribution in [0.3, 0.4) is 0 Å². The lowest BCUT2D eigenvalue weighted by Gasteiger charge is -2.13. The van der Waals surface area contributed by atoms with E-state index in [1.54, 1.807) is 7.11 Å². The molecule has 28 heavy (non-hydrogen) atoms. The van der Waals surface area contributed by atoms with Crippen LogP contribution in [0.15, 0.2) is 41.3 Å². The topological polar surface area (TPSA) is 55.8 Å². The van der Waals surface area contributed by atoms with Crippen LogP contribution in [0.1, 0.15) is 25.3 Å². The van der Waals surface area contributed by atoms with Gasteiger partial charge in [-0.05, 0) is 29.3 Å². The summed E-state index contributed by atoms with van der Waals surface area (Å²) in [7, 11) is 1.61. The Hall–Kier alpha value is -2.38. The van der Waals surface area contributed by atoms with Gasteiger partial charge in [-0.1, -0.05) is 61.2 Å². The van der Waals surface area contributed by atoms with Crippen molar-refractivity contribution in [2.45, 2.75) is 19.8 Å². The van der Waals surface area contributed by atoms with Crippen molar-refractivity contribution in [1.82, 2.24) is 4.90 Å². The molecular formula is C21H21NO4S2. The molecule has 0 saturated carbocycles. The van der Waals surface area contributed by atoms with Gasteiger partial charge in [0.25, 0.3) is 5.91 Å². The van der Waals surface area contributed by atoms with Gasteiger partial charge in [0.1, 0.15) is 10.1 Å². The fraction of sp³-hybridized carbons (Fsp3) is 0.286. The molecule has 0 aliphatic carbocycles. The normalized spacial score (nSPS) is 15.5. The molecule has 7 heteroatoms.